The molecule has 2 atom stereocenters. The minimum absolute atomic E-state index is 0.0350. The fourth-order valence-electron chi connectivity index (χ4n) is 1.64. The van der Waals surface area contributed by atoms with Crippen molar-refractivity contribution in [3.05, 3.63) is 29.0 Å². The third-order valence-corrected chi connectivity index (χ3v) is 4.44. The maximum Gasteiger partial charge on any atom is 0.156 e. The van der Waals surface area contributed by atoms with E-state index in [0.717, 1.165) is 12.1 Å². The van der Waals surface area contributed by atoms with Gasteiger partial charge in [-0.25, -0.2) is 12.8 Å². The molecule has 1 aliphatic heterocycles. The Kier molecular flexibility index (Phi) is 3.29. The van der Waals surface area contributed by atoms with E-state index in [-0.39, 0.29) is 22.3 Å². The van der Waals surface area contributed by atoms with Gasteiger partial charge in [-0.1, -0.05) is 11.6 Å². The van der Waals surface area contributed by atoms with Gasteiger partial charge in [-0.15, -0.1) is 0 Å². The largest absolute Gasteiger partial charge is 0.485 e. The van der Waals surface area contributed by atoms with E-state index in [1.807, 2.05) is 0 Å². The minimum atomic E-state index is -3.30. The summed E-state index contributed by atoms with van der Waals surface area (Å²) >= 11 is 5.77. The average Bonchev–Trinajstić information content (AvgIpc) is 2.46. The molecular weight excluding hydrogens is 271 g/mol. The van der Waals surface area contributed by atoms with Gasteiger partial charge in [-0.2, -0.15) is 0 Å². The molecule has 0 saturated carbocycles. The van der Waals surface area contributed by atoms with Crippen LogP contribution in [0, 0.1) is 5.82 Å². The summed E-state index contributed by atoms with van der Waals surface area (Å²) in [5.41, 5.74) is 0. The number of benzene rings is 1. The Morgan fingerprint density at radius 2 is 2.12 bits per heavy atom. The highest BCUT2D eigenvalue weighted by molar-refractivity contribution is 7.91. The van der Waals surface area contributed by atoms with Crippen molar-refractivity contribution in [2.24, 2.45) is 0 Å². The van der Waals surface area contributed by atoms with Gasteiger partial charge in [0, 0.05) is 6.07 Å². The Morgan fingerprint density at radius 3 is 2.71 bits per heavy atom. The highest BCUT2D eigenvalue weighted by Crippen LogP contribution is 2.28. The Bertz CT molecular complexity index is 531. The molecule has 0 radical (unpaired) electrons. The van der Waals surface area contributed by atoms with E-state index in [9.17, 15) is 17.9 Å². The van der Waals surface area contributed by atoms with Gasteiger partial charge in [0.15, 0.2) is 9.84 Å². The van der Waals surface area contributed by atoms with Crippen LogP contribution in [-0.2, 0) is 9.84 Å². The number of halogens is 2. The smallest absolute Gasteiger partial charge is 0.156 e. The van der Waals surface area contributed by atoms with Gasteiger partial charge in [0.25, 0.3) is 0 Å². The molecule has 0 bridgehead atoms. The maximum absolute atomic E-state index is 13.0. The molecule has 1 heterocycles. The van der Waals surface area contributed by atoms with Crippen molar-refractivity contribution >= 4 is 21.4 Å². The number of hydrogen-bond acceptors (Lipinski definition) is 4. The van der Waals surface area contributed by atoms with E-state index in [0.29, 0.717) is 0 Å². The van der Waals surface area contributed by atoms with Crippen LogP contribution < -0.4 is 4.74 Å². The van der Waals surface area contributed by atoms with Crippen LogP contribution >= 0.6 is 11.6 Å². The molecule has 0 amide bonds. The Balaban J connectivity index is 2.19. The Labute approximate surface area is 103 Å². The molecule has 0 aromatic heterocycles. The molecule has 17 heavy (non-hydrogen) atoms. The highest BCUT2D eigenvalue weighted by atomic mass is 35.5. The first-order chi connectivity index (χ1) is 7.87. The molecule has 1 fully saturated rings. The second-order valence-corrected chi connectivity index (χ2v) is 6.44. The van der Waals surface area contributed by atoms with Gasteiger partial charge >= 0.3 is 0 Å². The molecule has 1 N–H and O–H groups in total. The van der Waals surface area contributed by atoms with Gasteiger partial charge in [-0.3, -0.25) is 0 Å². The lowest BCUT2D eigenvalue weighted by atomic mass is 10.2. The summed E-state index contributed by atoms with van der Waals surface area (Å²) in [7, 11) is -3.30. The topological polar surface area (TPSA) is 63.6 Å². The minimum Gasteiger partial charge on any atom is -0.485 e. The summed E-state index contributed by atoms with van der Waals surface area (Å²) in [6.45, 7) is 0. The number of rotatable bonds is 2. The first-order valence-corrected chi connectivity index (χ1v) is 7.07. The number of hydrogen-bond donors (Lipinski definition) is 1. The molecule has 4 nitrogen and oxygen atoms in total. The quantitative estimate of drug-likeness (QED) is 0.878. The van der Waals surface area contributed by atoms with Crippen LogP contribution in [0.25, 0.3) is 0 Å². The van der Waals surface area contributed by atoms with Gasteiger partial charge in [-0.05, 0) is 12.1 Å². The molecule has 0 aliphatic carbocycles. The number of aliphatic hydroxyl groups excluding tert-OH is 1. The van der Waals surface area contributed by atoms with Crippen molar-refractivity contribution < 1.29 is 22.7 Å². The van der Waals surface area contributed by atoms with E-state index >= 15 is 0 Å². The molecular formula is C10H10ClFO4S. The molecule has 94 valence electrons. The molecule has 2 rings (SSSR count). The predicted molar refractivity (Wildman–Crippen MR) is 60.5 cm³/mol. The fourth-order valence-corrected chi connectivity index (χ4v) is 3.46. The summed E-state index contributed by atoms with van der Waals surface area (Å²) in [5, 5.41) is 9.67. The highest BCUT2D eigenvalue weighted by Gasteiger charge is 2.38. The summed E-state index contributed by atoms with van der Waals surface area (Å²) in [5.74, 6) is -1.14. The van der Waals surface area contributed by atoms with E-state index in [1.54, 1.807) is 0 Å². The fraction of sp³-hybridized carbons (Fsp3) is 0.400. The van der Waals surface area contributed by atoms with Crippen LogP contribution in [-0.4, -0.2) is 37.2 Å². The molecule has 0 spiro atoms. The van der Waals surface area contributed by atoms with Crippen molar-refractivity contribution in [3.63, 3.8) is 0 Å². The molecule has 1 aromatic carbocycles. The second-order valence-electron chi connectivity index (χ2n) is 3.88. The third-order valence-electron chi connectivity index (χ3n) is 2.44. The zero-order chi connectivity index (χ0) is 12.6. The van der Waals surface area contributed by atoms with Crippen LogP contribution in [0.2, 0.25) is 5.02 Å². The predicted octanol–water partition coefficient (Wildman–Crippen LogP) is 1.02. The summed E-state index contributed by atoms with van der Waals surface area (Å²) in [6.07, 6.45) is -2.02. The van der Waals surface area contributed by atoms with E-state index in [1.165, 1.54) is 6.07 Å². The Hall–Kier alpha value is -0.850. The van der Waals surface area contributed by atoms with Crippen LogP contribution in [0.4, 0.5) is 4.39 Å². The van der Waals surface area contributed by atoms with Crippen molar-refractivity contribution in [2.45, 2.75) is 12.2 Å². The zero-order valence-electron chi connectivity index (χ0n) is 8.64. The first-order valence-electron chi connectivity index (χ1n) is 4.87. The summed E-state index contributed by atoms with van der Waals surface area (Å²) in [6, 6.07) is 3.53. The molecule has 2 unspecified atom stereocenters. The standard InChI is InChI=1S/C10H10ClFO4S/c11-7-2-1-6(12)3-9(7)16-10-5-17(14,15)4-8(10)13/h1-3,8,10,13H,4-5H2. The Morgan fingerprint density at radius 1 is 1.41 bits per heavy atom. The van der Waals surface area contributed by atoms with Crippen LogP contribution in [0.1, 0.15) is 0 Å². The van der Waals surface area contributed by atoms with Crippen LogP contribution in [0.15, 0.2) is 18.2 Å². The lowest BCUT2D eigenvalue weighted by Crippen LogP contribution is -2.29. The second kappa shape index (κ2) is 4.44. The van der Waals surface area contributed by atoms with Gasteiger partial charge in [0.1, 0.15) is 23.8 Å². The normalized spacial score (nSPS) is 27.0. The summed E-state index contributed by atoms with van der Waals surface area (Å²) in [4.78, 5) is 0. The van der Waals surface area contributed by atoms with E-state index in [2.05, 4.69) is 0 Å². The first kappa shape index (κ1) is 12.6. The molecule has 1 aliphatic rings. The molecule has 7 heteroatoms. The third kappa shape index (κ3) is 2.88. The molecule has 1 saturated heterocycles. The van der Waals surface area contributed by atoms with Gasteiger partial charge < -0.3 is 9.84 Å². The number of sulfone groups is 1. The van der Waals surface area contributed by atoms with E-state index in [4.69, 9.17) is 16.3 Å². The van der Waals surface area contributed by atoms with Crippen molar-refractivity contribution in [2.75, 3.05) is 11.5 Å². The SMILES string of the molecule is O=S1(=O)CC(O)C(Oc2cc(F)ccc2Cl)C1. The maximum atomic E-state index is 13.0. The number of aliphatic hydroxyl groups is 1. The van der Waals surface area contributed by atoms with Crippen molar-refractivity contribution in [1.82, 2.24) is 0 Å². The zero-order valence-corrected chi connectivity index (χ0v) is 10.2. The average molecular weight is 281 g/mol. The van der Waals surface area contributed by atoms with Crippen molar-refractivity contribution in [3.8, 4) is 5.75 Å². The summed E-state index contributed by atoms with van der Waals surface area (Å²) < 4.78 is 40.7. The van der Waals surface area contributed by atoms with E-state index < -0.39 is 27.9 Å². The van der Waals surface area contributed by atoms with Crippen molar-refractivity contribution in [1.29, 1.82) is 0 Å². The van der Waals surface area contributed by atoms with Crippen LogP contribution in [0.3, 0.4) is 0 Å². The lowest BCUT2D eigenvalue weighted by Gasteiger charge is -2.16. The lowest BCUT2D eigenvalue weighted by molar-refractivity contribution is 0.0736. The van der Waals surface area contributed by atoms with Gasteiger partial charge in [0.05, 0.1) is 16.5 Å². The van der Waals surface area contributed by atoms with Crippen LogP contribution in [0.5, 0.6) is 5.75 Å². The number of ether oxygens (including phenoxy) is 1. The monoisotopic (exact) mass is 280 g/mol. The van der Waals surface area contributed by atoms with Gasteiger partial charge in [0.2, 0.25) is 0 Å². The molecule has 1 aromatic rings.